The number of piperidine rings is 1. The number of carbonyl (C=O) groups excluding carboxylic acids is 1. The molecule has 2 aromatic carbocycles. The van der Waals surface area contributed by atoms with Crippen molar-refractivity contribution < 1.29 is 22.7 Å². The summed E-state index contributed by atoms with van der Waals surface area (Å²) in [6, 6.07) is 12.1. The summed E-state index contributed by atoms with van der Waals surface area (Å²) in [5.41, 5.74) is 1.21. The van der Waals surface area contributed by atoms with Gasteiger partial charge in [-0.3, -0.25) is 9.52 Å². The zero-order chi connectivity index (χ0) is 24.3. The molecule has 180 valence electrons. The van der Waals surface area contributed by atoms with E-state index in [1.54, 1.807) is 25.1 Å². The first kappa shape index (κ1) is 24.2. The van der Waals surface area contributed by atoms with Crippen LogP contribution in [-0.4, -0.2) is 51.2 Å². The van der Waals surface area contributed by atoms with Crippen molar-refractivity contribution in [2.75, 3.05) is 36.4 Å². The van der Waals surface area contributed by atoms with E-state index in [2.05, 4.69) is 25.6 Å². The minimum atomic E-state index is -4.05. The van der Waals surface area contributed by atoms with Gasteiger partial charge in [0.2, 0.25) is 0 Å². The zero-order valence-electron chi connectivity index (χ0n) is 18.8. The number of aromatic nitrogens is 2. The number of nitrogens with one attached hydrogen (secondary N) is 1. The third-order valence-corrected chi connectivity index (χ3v) is 7.46. The maximum atomic E-state index is 13.4. The van der Waals surface area contributed by atoms with Gasteiger partial charge in [-0.15, -0.1) is 0 Å². The fraction of sp³-hybridized carbons (Fsp3) is 0.348. The number of para-hydroxylation sites is 2. The van der Waals surface area contributed by atoms with E-state index in [4.69, 9.17) is 14.5 Å². The van der Waals surface area contributed by atoms with Gasteiger partial charge >= 0.3 is 5.97 Å². The number of esters is 1. The van der Waals surface area contributed by atoms with Gasteiger partial charge in [-0.2, -0.15) is 0 Å². The third-order valence-electron chi connectivity index (χ3n) is 5.61. The van der Waals surface area contributed by atoms with Crippen LogP contribution in [0.5, 0.6) is 5.75 Å². The summed E-state index contributed by atoms with van der Waals surface area (Å²) in [5.74, 6) is 0.358. The van der Waals surface area contributed by atoms with Gasteiger partial charge in [0.15, 0.2) is 11.6 Å². The summed E-state index contributed by atoms with van der Waals surface area (Å²) in [6.07, 6.45) is 1.15. The Balaban J connectivity index is 1.73. The fourth-order valence-corrected chi connectivity index (χ4v) is 5.61. The van der Waals surface area contributed by atoms with Crippen LogP contribution in [-0.2, 0) is 19.6 Å². The molecule has 1 saturated heterocycles. The molecule has 3 aromatic rings. The quantitative estimate of drug-likeness (QED) is 0.441. The molecule has 1 aromatic heterocycles. The predicted octanol–water partition coefficient (Wildman–Crippen LogP) is 3.98. The number of rotatable bonds is 7. The molecule has 0 unspecified atom stereocenters. The molecule has 0 atom stereocenters. The number of halogens is 1. The number of benzene rings is 2. The molecule has 4 rings (SSSR count). The van der Waals surface area contributed by atoms with E-state index in [-0.39, 0.29) is 28.4 Å². The molecule has 9 nitrogen and oxygen atoms in total. The lowest BCUT2D eigenvalue weighted by atomic mass is 9.97. The van der Waals surface area contributed by atoms with E-state index < -0.39 is 10.0 Å². The van der Waals surface area contributed by atoms with E-state index in [0.29, 0.717) is 53.9 Å². The number of fused-ring (bicyclic) bond motifs is 1. The van der Waals surface area contributed by atoms with Crippen LogP contribution in [0.1, 0.15) is 19.8 Å². The molecule has 1 aliphatic heterocycles. The van der Waals surface area contributed by atoms with Gasteiger partial charge in [0, 0.05) is 17.6 Å². The monoisotopic (exact) mass is 548 g/mol. The van der Waals surface area contributed by atoms with Crippen molar-refractivity contribution in [2.24, 2.45) is 5.92 Å². The highest BCUT2D eigenvalue weighted by Crippen LogP contribution is 2.33. The zero-order valence-corrected chi connectivity index (χ0v) is 21.2. The molecule has 0 aliphatic carbocycles. The minimum Gasteiger partial charge on any atom is -0.492 e. The van der Waals surface area contributed by atoms with Crippen LogP contribution in [0, 0.1) is 5.92 Å². The average molecular weight is 549 g/mol. The number of methoxy groups -OCH3 is 1. The third kappa shape index (κ3) is 5.10. The van der Waals surface area contributed by atoms with Gasteiger partial charge < -0.3 is 14.4 Å². The van der Waals surface area contributed by atoms with Crippen molar-refractivity contribution in [3.05, 3.63) is 46.9 Å². The molecular weight excluding hydrogens is 524 g/mol. The first-order valence-electron chi connectivity index (χ1n) is 10.9. The van der Waals surface area contributed by atoms with E-state index in [0.717, 1.165) is 0 Å². The summed E-state index contributed by atoms with van der Waals surface area (Å²) in [5, 5.41) is 0. The van der Waals surface area contributed by atoms with Crippen molar-refractivity contribution in [3.63, 3.8) is 0 Å². The average Bonchev–Trinajstić information content (AvgIpc) is 2.84. The first-order valence-corrected chi connectivity index (χ1v) is 13.1. The Labute approximate surface area is 206 Å². The molecule has 0 radical (unpaired) electrons. The van der Waals surface area contributed by atoms with E-state index in [1.807, 2.05) is 23.1 Å². The highest BCUT2D eigenvalue weighted by Gasteiger charge is 2.30. The Bertz CT molecular complexity index is 1310. The summed E-state index contributed by atoms with van der Waals surface area (Å²) in [6.45, 7) is 3.14. The van der Waals surface area contributed by atoms with Crippen LogP contribution in [0.4, 0.5) is 11.6 Å². The lowest BCUT2D eigenvalue weighted by Crippen LogP contribution is -2.38. The number of hydrogen-bond donors (Lipinski definition) is 1. The smallest absolute Gasteiger partial charge is 0.308 e. The van der Waals surface area contributed by atoms with Crippen molar-refractivity contribution in [3.8, 4) is 5.75 Å². The summed E-state index contributed by atoms with van der Waals surface area (Å²) >= 11 is 3.34. The largest absolute Gasteiger partial charge is 0.492 e. The van der Waals surface area contributed by atoms with Crippen molar-refractivity contribution >= 4 is 54.6 Å². The van der Waals surface area contributed by atoms with Crippen LogP contribution >= 0.6 is 15.9 Å². The fourth-order valence-electron chi connectivity index (χ4n) is 3.92. The van der Waals surface area contributed by atoms with E-state index in [1.165, 1.54) is 13.2 Å². The minimum absolute atomic E-state index is 0.00552. The van der Waals surface area contributed by atoms with Crippen LogP contribution in [0.25, 0.3) is 11.0 Å². The van der Waals surface area contributed by atoms with Gasteiger partial charge in [-0.25, -0.2) is 18.4 Å². The van der Waals surface area contributed by atoms with Crippen molar-refractivity contribution in [1.82, 2.24) is 9.97 Å². The first-order chi connectivity index (χ1) is 16.3. The molecular formula is C23H25BrN4O5S. The molecule has 0 saturated carbocycles. The lowest BCUT2D eigenvalue weighted by molar-refractivity contribution is -0.146. The van der Waals surface area contributed by atoms with Crippen molar-refractivity contribution in [2.45, 2.75) is 24.7 Å². The maximum Gasteiger partial charge on any atom is 0.308 e. The number of carbonyl (C=O) groups is 1. The molecule has 11 heteroatoms. The molecule has 1 N–H and O–H groups in total. The topological polar surface area (TPSA) is 111 Å². The standard InChI is InChI=1S/C23H25BrN4O5S/c1-3-33-19-9-8-16(24)14-20(19)34(30,31)27-21-22(26-18-7-5-4-6-17(18)25-21)28-12-10-15(11-13-28)23(29)32-2/h4-9,14-15H,3,10-13H2,1-2H3,(H,25,27). The second-order valence-corrected chi connectivity index (χ2v) is 10.4. The van der Waals surface area contributed by atoms with Crippen molar-refractivity contribution in [1.29, 1.82) is 0 Å². The highest BCUT2D eigenvalue weighted by atomic mass is 79.9. The Kier molecular flexibility index (Phi) is 7.22. The van der Waals surface area contributed by atoms with Crippen LogP contribution in [0.3, 0.4) is 0 Å². The van der Waals surface area contributed by atoms with E-state index in [9.17, 15) is 13.2 Å². The number of hydrogen-bond acceptors (Lipinski definition) is 8. The van der Waals surface area contributed by atoms with Crippen LogP contribution in [0.15, 0.2) is 51.8 Å². The molecule has 1 fully saturated rings. The molecule has 0 amide bonds. The molecule has 1 aliphatic rings. The van der Waals surface area contributed by atoms with Gasteiger partial charge in [-0.05, 0) is 50.1 Å². The number of nitrogens with zero attached hydrogens (tertiary/aromatic N) is 3. The molecule has 34 heavy (non-hydrogen) atoms. The Hall–Kier alpha value is -2.92. The summed E-state index contributed by atoms with van der Waals surface area (Å²) in [7, 11) is -2.67. The number of ether oxygens (including phenoxy) is 2. The normalized spacial score (nSPS) is 14.7. The SMILES string of the molecule is CCOc1ccc(Br)cc1S(=O)(=O)Nc1nc2ccccc2nc1N1CCC(C(=O)OC)CC1. The van der Waals surface area contributed by atoms with Crippen LogP contribution < -0.4 is 14.4 Å². The van der Waals surface area contributed by atoms with Crippen LogP contribution in [0.2, 0.25) is 0 Å². The van der Waals surface area contributed by atoms with Gasteiger partial charge in [0.1, 0.15) is 10.6 Å². The molecule has 0 spiro atoms. The molecule has 2 heterocycles. The Morgan fingerprint density at radius 3 is 2.47 bits per heavy atom. The molecule has 0 bridgehead atoms. The lowest BCUT2D eigenvalue weighted by Gasteiger charge is -2.32. The van der Waals surface area contributed by atoms with E-state index >= 15 is 0 Å². The summed E-state index contributed by atoms with van der Waals surface area (Å²) in [4.78, 5) is 23.2. The maximum absolute atomic E-state index is 13.4. The second kappa shape index (κ2) is 10.1. The van der Waals surface area contributed by atoms with Gasteiger partial charge in [-0.1, -0.05) is 28.1 Å². The second-order valence-electron chi connectivity index (χ2n) is 7.80. The van der Waals surface area contributed by atoms with Gasteiger partial charge in [0.05, 0.1) is 30.7 Å². The summed E-state index contributed by atoms with van der Waals surface area (Å²) < 4.78 is 40.5. The Morgan fingerprint density at radius 2 is 1.82 bits per heavy atom. The van der Waals surface area contributed by atoms with Gasteiger partial charge in [0.25, 0.3) is 10.0 Å². The highest BCUT2D eigenvalue weighted by molar-refractivity contribution is 9.10. The predicted molar refractivity (Wildman–Crippen MR) is 133 cm³/mol. The number of anilines is 2. The number of sulfonamides is 1. The Morgan fingerprint density at radius 1 is 1.15 bits per heavy atom.